The van der Waals surface area contributed by atoms with Crippen molar-refractivity contribution in [2.24, 2.45) is 5.73 Å². The van der Waals surface area contributed by atoms with Gasteiger partial charge in [0.05, 0.1) is 12.1 Å². The molecule has 0 spiro atoms. The molecule has 0 unspecified atom stereocenters. The Morgan fingerprint density at radius 3 is 2.51 bits per heavy atom. The molecule has 2 aliphatic rings. The number of halogens is 1. The van der Waals surface area contributed by atoms with Gasteiger partial charge in [-0.2, -0.15) is 5.26 Å². The third-order valence-corrected chi connectivity index (χ3v) is 6.56. The number of nitrogens with zero attached hydrogens (tertiary/aromatic N) is 4. The Labute approximate surface area is 229 Å². The van der Waals surface area contributed by atoms with Crippen molar-refractivity contribution in [2.45, 2.75) is 26.7 Å². The number of anilines is 2. The average molecular weight is 531 g/mol. The minimum atomic E-state index is -0.536. The fourth-order valence-corrected chi connectivity index (χ4v) is 4.21. The maximum atomic E-state index is 14.3. The van der Waals surface area contributed by atoms with Gasteiger partial charge in [-0.05, 0) is 69.2 Å². The van der Waals surface area contributed by atoms with Gasteiger partial charge in [0.25, 0.3) is 0 Å². The fraction of sp³-hybridized carbons (Fsp3) is 0.300. The molecule has 2 amide bonds. The van der Waals surface area contributed by atoms with Gasteiger partial charge in [-0.25, -0.2) is 4.39 Å². The number of nitrogens with two attached hydrogens (primary N) is 1. The van der Waals surface area contributed by atoms with Crippen LogP contribution in [-0.4, -0.2) is 50.4 Å². The van der Waals surface area contributed by atoms with Crippen LogP contribution in [0, 0.1) is 17.1 Å². The van der Waals surface area contributed by atoms with E-state index in [4.69, 9.17) is 11.0 Å². The minimum Gasteiger partial charge on any atom is -0.401 e. The highest BCUT2D eigenvalue weighted by atomic mass is 19.1. The number of carbonyl (C=O) groups is 2. The topological polar surface area (TPSA) is 106 Å². The molecule has 39 heavy (non-hydrogen) atoms. The molecule has 0 aromatic heterocycles. The molecule has 0 radical (unpaired) electrons. The van der Waals surface area contributed by atoms with Crippen LogP contribution in [0.1, 0.15) is 37.8 Å². The second-order valence-corrected chi connectivity index (χ2v) is 9.37. The van der Waals surface area contributed by atoms with Crippen molar-refractivity contribution in [1.82, 2.24) is 10.2 Å². The highest BCUT2D eigenvalue weighted by Crippen LogP contribution is 2.29. The lowest BCUT2D eigenvalue weighted by Crippen LogP contribution is -2.47. The summed E-state index contributed by atoms with van der Waals surface area (Å²) in [5, 5.41) is 11.8. The SMILES string of the molecule is C/C=C(C)\C=C(\c1ccc(C#N)c(F)c1)N(C)c1ccc(N2CCNC(=O)C2)cc1.NC1=CN(C=O)CCC1. The molecule has 9 heteroatoms. The maximum Gasteiger partial charge on any atom is 0.239 e. The zero-order valence-electron chi connectivity index (χ0n) is 22.7. The van der Waals surface area contributed by atoms with Crippen LogP contribution in [0.3, 0.4) is 0 Å². The molecule has 1 fully saturated rings. The first kappa shape index (κ1) is 29.0. The van der Waals surface area contributed by atoms with Crippen LogP contribution in [0.2, 0.25) is 0 Å². The minimum absolute atomic E-state index is 0.0253. The Morgan fingerprint density at radius 1 is 1.21 bits per heavy atom. The van der Waals surface area contributed by atoms with Crippen molar-refractivity contribution >= 4 is 29.4 Å². The number of hydrogen-bond acceptors (Lipinski definition) is 6. The number of piperazine rings is 1. The third kappa shape index (κ3) is 7.95. The number of nitrogens with one attached hydrogen (secondary N) is 1. The van der Waals surface area contributed by atoms with Gasteiger partial charge in [-0.1, -0.05) is 17.7 Å². The second kappa shape index (κ2) is 13.8. The van der Waals surface area contributed by atoms with E-state index in [0.717, 1.165) is 60.7 Å². The molecule has 0 aliphatic carbocycles. The first-order valence-corrected chi connectivity index (χ1v) is 12.8. The van der Waals surface area contributed by atoms with E-state index in [2.05, 4.69) is 5.32 Å². The van der Waals surface area contributed by atoms with Gasteiger partial charge in [0.15, 0.2) is 0 Å². The van der Waals surface area contributed by atoms with Crippen LogP contribution in [-0.2, 0) is 9.59 Å². The highest BCUT2D eigenvalue weighted by molar-refractivity contribution is 5.84. The number of allylic oxidation sites excluding steroid dienone is 4. The Bertz CT molecular complexity index is 1310. The number of amides is 2. The summed E-state index contributed by atoms with van der Waals surface area (Å²) in [7, 11) is 1.92. The summed E-state index contributed by atoms with van der Waals surface area (Å²) >= 11 is 0. The van der Waals surface area contributed by atoms with Crippen LogP contribution in [0.25, 0.3) is 5.70 Å². The molecule has 2 aromatic carbocycles. The number of rotatable bonds is 6. The molecule has 204 valence electrons. The maximum absolute atomic E-state index is 14.3. The van der Waals surface area contributed by atoms with E-state index in [-0.39, 0.29) is 11.5 Å². The van der Waals surface area contributed by atoms with Crippen molar-refractivity contribution in [2.75, 3.05) is 43.0 Å². The van der Waals surface area contributed by atoms with Gasteiger partial charge in [0.1, 0.15) is 11.9 Å². The molecule has 1 saturated heterocycles. The van der Waals surface area contributed by atoms with Crippen LogP contribution < -0.4 is 20.9 Å². The van der Waals surface area contributed by atoms with Crippen molar-refractivity contribution in [3.8, 4) is 6.07 Å². The molecule has 4 rings (SSSR count). The third-order valence-electron chi connectivity index (χ3n) is 6.56. The predicted molar refractivity (Wildman–Crippen MR) is 153 cm³/mol. The Balaban J connectivity index is 0.000000395. The van der Waals surface area contributed by atoms with Gasteiger partial charge in [-0.15, -0.1) is 0 Å². The zero-order chi connectivity index (χ0) is 28.4. The van der Waals surface area contributed by atoms with E-state index in [1.165, 1.54) is 12.1 Å². The lowest BCUT2D eigenvalue weighted by Gasteiger charge is -2.29. The first-order valence-electron chi connectivity index (χ1n) is 12.8. The lowest BCUT2D eigenvalue weighted by atomic mass is 10.0. The largest absolute Gasteiger partial charge is 0.401 e. The summed E-state index contributed by atoms with van der Waals surface area (Å²) in [6, 6.07) is 14.5. The summed E-state index contributed by atoms with van der Waals surface area (Å²) < 4.78 is 14.3. The molecule has 0 bridgehead atoms. The lowest BCUT2D eigenvalue weighted by molar-refractivity contribution is -0.120. The van der Waals surface area contributed by atoms with E-state index in [1.54, 1.807) is 17.2 Å². The number of nitriles is 1. The average Bonchev–Trinajstić information content (AvgIpc) is 2.95. The molecular weight excluding hydrogens is 495 g/mol. The summed E-state index contributed by atoms with van der Waals surface area (Å²) in [5.74, 6) is -0.511. The van der Waals surface area contributed by atoms with Gasteiger partial charge < -0.3 is 25.8 Å². The smallest absolute Gasteiger partial charge is 0.239 e. The predicted octanol–water partition coefficient (Wildman–Crippen LogP) is 4.12. The van der Waals surface area contributed by atoms with Crippen molar-refractivity contribution in [1.29, 1.82) is 5.26 Å². The van der Waals surface area contributed by atoms with E-state index in [1.807, 2.05) is 73.2 Å². The Morgan fingerprint density at radius 2 is 1.95 bits per heavy atom. The van der Waals surface area contributed by atoms with E-state index >= 15 is 0 Å². The molecule has 2 heterocycles. The quantitative estimate of drug-likeness (QED) is 0.430. The first-order chi connectivity index (χ1) is 18.7. The van der Waals surface area contributed by atoms with Crippen LogP contribution in [0.4, 0.5) is 15.8 Å². The molecule has 8 nitrogen and oxygen atoms in total. The van der Waals surface area contributed by atoms with Gasteiger partial charge in [0.2, 0.25) is 12.3 Å². The molecule has 3 N–H and O–H groups in total. The van der Waals surface area contributed by atoms with Gasteiger partial charge in [0, 0.05) is 61.2 Å². The summed E-state index contributed by atoms with van der Waals surface area (Å²) in [4.78, 5) is 27.4. The van der Waals surface area contributed by atoms with Crippen LogP contribution >= 0.6 is 0 Å². The standard InChI is InChI=1S/C24H25FN4O.C6H10N2O/c1-4-17(2)13-23(18-5-6-19(15-26)22(25)14-18)28(3)20-7-9-21(10-8-20)29-12-11-27-24(30)16-29;7-6-2-1-3-8(4-6)5-9/h4-10,13-14H,11-12,16H2,1-3H3,(H,27,30);4-5H,1-3,7H2/b17-4-,23-13-;. The monoisotopic (exact) mass is 530 g/mol. The van der Waals surface area contributed by atoms with Crippen molar-refractivity contribution < 1.29 is 14.0 Å². The Hall–Kier alpha value is -4.58. The molecule has 0 atom stereocenters. The Kier molecular flexibility index (Phi) is 10.3. The summed E-state index contributed by atoms with van der Waals surface area (Å²) in [6.07, 6.45) is 8.37. The molecular formula is C30H35FN6O2. The summed E-state index contributed by atoms with van der Waals surface area (Å²) in [6.45, 7) is 6.51. The van der Waals surface area contributed by atoms with Crippen LogP contribution in [0.15, 0.2) is 72.1 Å². The van der Waals surface area contributed by atoms with E-state index in [9.17, 15) is 14.0 Å². The summed E-state index contributed by atoms with van der Waals surface area (Å²) in [5.41, 5.74) is 10.8. The fourth-order valence-electron chi connectivity index (χ4n) is 4.21. The normalized spacial score (nSPS) is 15.9. The molecule has 2 aliphatic heterocycles. The molecule has 0 saturated carbocycles. The number of hydrogen-bond donors (Lipinski definition) is 2. The zero-order valence-corrected chi connectivity index (χ0v) is 22.7. The second-order valence-electron chi connectivity index (χ2n) is 9.37. The molecule has 2 aromatic rings. The van der Waals surface area contributed by atoms with Crippen molar-refractivity contribution in [3.05, 3.63) is 89.0 Å². The van der Waals surface area contributed by atoms with E-state index in [0.29, 0.717) is 18.7 Å². The number of benzene rings is 2. The van der Waals surface area contributed by atoms with Gasteiger partial charge in [-0.3, -0.25) is 9.59 Å². The van der Waals surface area contributed by atoms with Crippen molar-refractivity contribution in [3.63, 3.8) is 0 Å². The van der Waals surface area contributed by atoms with Gasteiger partial charge >= 0.3 is 0 Å². The van der Waals surface area contributed by atoms with Crippen LogP contribution in [0.5, 0.6) is 0 Å². The highest BCUT2D eigenvalue weighted by Gasteiger charge is 2.17. The number of carbonyl (C=O) groups excluding carboxylic acids is 2. The van der Waals surface area contributed by atoms with E-state index < -0.39 is 5.82 Å².